The van der Waals surface area contributed by atoms with Gasteiger partial charge in [-0.2, -0.15) is 0 Å². The predicted molar refractivity (Wildman–Crippen MR) is 61.2 cm³/mol. The largest absolute Gasteiger partial charge is 0.375 e. The van der Waals surface area contributed by atoms with E-state index in [9.17, 15) is 0 Å². The van der Waals surface area contributed by atoms with Gasteiger partial charge in [0.1, 0.15) is 0 Å². The highest BCUT2D eigenvalue weighted by atomic mass is 16.5. The number of terminal acetylenes is 1. The van der Waals surface area contributed by atoms with Crippen LogP contribution in [0.4, 0.5) is 0 Å². The van der Waals surface area contributed by atoms with Crippen LogP contribution in [0.2, 0.25) is 0 Å². The smallest absolute Gasteiger partial charge is 0.0599 e. The van der Waals surface area contributed by atoms with Gasteiger partial charge in [0.25, 0.3) is 0 Å². The van der Waals surface area contributed by atoms with Crippen LogP contribution in [0.3, 0.4) is 0 Å². The number of rotatable bonds is 6. The van der Waals surface area contributed by atoms with Gasteiger partial charge in [0.05, 0.1) is 12.2 Å². The first kappa shape index (κ1) is 13.5. The number of ether oxygens (including phenoxy) is 1. The highest BCUT2D eigenvalue weighted by molar-refractivity contribution is 4.89. The Bertz CT molecular complexity index is 176. The topological polar surface area (TPSA) is 21.3 Å². The number of nitrogens with one attached hydrogen (secondary N) is 1. The summed E-state index contributed by atoms with van der Waals surface area (Å²) >= 11 is 0. The van der Waals surface area contributed by atoms with E-state index in [1.807, 2.05) is 0 Å². The minimum absolute atomic E-state index is 0.0461. The van der Waals surface area contributed by atoms with E-state index in [1.165, 1.54) is 0 Å². The van der Waals surface area contributed by atoms with Crippen molar-refractivity contribution in [3.63, 3.8) is 0 Å². The Kier molecular flexibility index (Phi) is 6.61. The Hall–Kier alpha value is -0.520. The minimum atomic E-state index is -0.0461. The normalized spacial score (nSPS) is 13.6. The minimum Gasteiger partial charge on any atom is -0.375 e. The third-order valence-electron chi connectivity index (χ3n) is 1.93. The van der Waals surface area contributed by atoms with Crippen molar-refractivity contribution in [1.82, 2.24) is 5.32 Å². The van der Waals surface area contributed by atoms with Gasteiger partial charge in [-0.15, -0.1) is 12.3 Å². The molecule has 0 saturated carbocycles. The average molecular weight is 197 g/mol. The summed E-state index contributed by atoms with van der Waals surface area (Å²) in [4.78, 5) is 0. The van der Waals surface area contributed by atoms with E-state index in [0.29, 0.717) is 6.04 Å². The molecule has 0 bridgehead atoms. The van der Waals surface area contributed by atoms with E-state index in [1.54, 1.807) is 0 Å². The third kappa shape index (κ3) is 8.10. The summed E-state index contributed by atoms with van der Waals surface area (Å²) in [5, 5.41) is 3.38. The highest BCUT2D eigenvalue weighted by Crippen LogP contribution is 2.05. The summed E-state index contributed by atoms with van der Waals surface area (Å²) < 4.78 is 5.59. The molecule has 0 rings (SSSR count). The first-order valence-corrected chi connectivity index (χ1v) is 5.30. The van der Waals surface area contributed by atoms with Crippen LogP contribution in [0.15, 0.2) is 0 Å². The molecule has 82 valence electrons. The third-order valence-corrected chi connectivity index (χ3v) is 1.93. The van der Waals surface area contributed by atoms with E-state index in [4.69, 9.17) is 11.2 Å². The van der Waals surface area contributed by atoms with Crippen molar-refractivity contribution >= 4 is 0 Å². The molecule has 0 aromatic rings. The lowest BCUT2D eigenvalue weighted by Crippen LogP contribution is -2.33. The highest BCUT2D eigenvalue weighted by Gasteiger charge is 2.09. The molecule has 0 radical (unpaired) electrons. The summed E-state index contributed by atoms with van der Waals surface area (Å²) in [6.45, 7) is 9.94. The second-order valence-electron chi connectivity index (χ2n) is 4.43. The zero-order valence-corrected chi connectivity index (χ0v) is 9.89. The number of hydrogen-bond donors (Lipinski definition) is 1. The molecule has 0 aromatic carbocycles. The van der Waals surface area contributed by atoms with Crippen molar-refractivity contribution in [2.75, 3.05) is 13.2 Å². The van der Waals surface area contributed by atoms with Crippen LogP contribution in [-0.2, 0) is 4.74 Å². The maximum atomic E-state index is 5.59. The summed E-state index contributed by atoms with van der Waals surface area (Å²) in [5.74, 6) is 2.67. The van der Waals surface area contributed by atoms with Gasteiger partial charge in [0.15, 0.2) is 0 Å². The molecule has 0 aromatic heterocycles. The summed E-state index contributed by atoms with van der Waals surface area (Å²) in [6, 6.07) is 0.434. The molecule has 1 unspecified atom stereocenters. The molecule has 0 fully saturated rings. The molecule has 2 heteroatoms. The van der Waals surface area contributed by atoms with E-state index in [-0.39, 0.29) is 5.60 Å². The Morgan fingerprint density at radius 3 is 2.50 bits per heavy atom. The fraction of sp³-hybridized carbons (Fsp3) is 0.833. The molecule has 2 nitrogen and oxygen atoms in total. The summed E-state index contributed by atoms with van der Waals surface area (Å²) in [6.07, 6.45) is 7.12. The monoisotopic (exact) mass is 197 g/mol. The van der Waals surface area contributed by atoms with Gasteiger partial charge in [0, 0.05) is 19.0 Å². The molecule has 1 atom stereocenters. The van der Waals surface area contributed by atoms with Crippen molar-refractivity contribution in [3.05, 3.63) is 0 Å². The number of hydrogen-bond acceptors (Lipinski definition) is 2. The van der Waals surface area contributed by atoms with Gasteiger partial charge >= 0.3 is 0 Å². The van der Waals surface area contributed by atoms with Gasteiger partial charge < -0.3 is 10.1 Å². The molecule has 0 aliphatic heterocycles. The molecule has 0 aliphatic rings. The SMILES string of the molecule is C#CCC(CC)NCCOC(C)(C)C. The second kappa shape index (κ2) is 6.86. The molecule has 0 saturated heterocycles. The van der Waals surface area contributed by atoms with Crippen molar-refractivity contribution in [1.29, 1.82) is 0 Å². The van der Waals surface area contributed by atoms with Gasteiger partial charge in [-0.05, 0) is 27.2 Å². The summed E-state index contributed by atoms with van der Waals surface area (Å²) in [7, 11) is 0. The van der Waals surface area contributed by atoms with Crippen molar-refractivity contribution < 1.29 is 4.74 Å². The Labute approximate surface area is 88.4 Å². The first-order valence-electron chi connectivity index (χ1n) is 5.30. The van der Waals surface area contributed by atoms with Crippen LogP contribution in [-0.4, -0.2) is 24.8 Å². The predicted octanol–water partition coefficient (Wildman–Crippen LogP) is 2.19. The fourth-order valence-corrected chi connectivity index (χ4v) is 1.12. The standard InChI is InChI=1S/C12H23NO/c1-6-8-11(7-2)13-9-10-14-12(3,4)5/h1,11,13H,7-10H2,2-5H3. The molecule has 0 amide bonds. The van der Waals surface area contributed by atoms with Crippen LogP contribution in [0.5, 0.6) is 0 Å². The Balaban J connectivity index is 3.48. The van der Waals surface area contributed by atoms with E-state index >= 15 is 0 Å². The molecular weight excluding hydrogens is 174 g/mol. The van der Waals surface area contributed by atoms with Crippen LogP contribution in [0.25, 0.3) is 0 Å². The molecule has 0 heterocycles. The van der Waals surface area contributed by atoms with E-state index in [2.05, 4.69) is 38.9 Å². The average Bonchev–Trinajstić information content (AvgIpc) is 2.08. The van der Waals surface area contributed by atoms with Gasteiger partial charge in [0.2, 0.25) is 0 Å². The van der Waals surface area contributed by atoms with Crippen LogP contribution >= 0.6 is 0 Å². The van der Waals surface area contributed by atoms with Gasteiger partial charge in [-0.1, -0.05) is 6.92 Å². The molecule has 0 aliphatic carbocycles. The van der Waals surface area contributed by atoms with E-state index in [0.717, 1.165) is 26.0 Å². The van der Waals surface area contributed by atoms with Crippen molar-refractivity contribution in [3.8, 4) is 12.3 Å². The summed E-state index contributed by atoms with van der Waals surface area (Å²) in [5.41, 5.74) is -0.0461. The second-order valence-corrected chi connectivity index (χ2v) is 4.43. The van der Waals surface area contributed by atoms with E-state index < -0.39 is 0 Å². The maximum absolute atomic E-state index is 5.59. The maximum Gasteiger partial charge on any atom is 0.0599 e. The lowest BCUT2D eigenvalue weighted by molar-refractivity contribution is -0.00161. The zero-order chi connectivity index (χ0) is 11.0. The lowest BCUT2D eigenvalue weighted by Gasteiger charge is -2.21. The Morgan fingerprint density at radius 2 is 2.07 bits per heavy atom. The van der Waals surface area contributed by atoms with Crippen LogP contribution in [0.1, 0.15) is 40.5 Å². The van der Waals surface area contributed by atoms with Crippen molar-refractivity contribution in [2.24, 2.45) is 0 Å². The molecule has 0 spiro atoms. The molecule has 14 heavy (non-hydrogen) atoms. The van der Waals surface area contributed by atoms with Crippen molar-refractivity contribution in [2.45, 2.75) is 52.2 Å². The Morgan fingerprint density at radius 1 is 1.43 bits per heavy atom. The zero-order valence-electron chi connectivity index (χ0n) is 9.89. The lowest BCUT2D eigenvalue weighted by atomic mass is 10.1. The molecular formula is C12H23NO. The fourth-order valence-electron chi connectivity index (χ4n) is 1.12. The van der Waals surface area contributed by atoms with Gasteiger partial charge in [-0.3, -0.25) is 0 Å². The van der Waals surface area contributed by atoms with Crippen LogP contribution in [0, 0.1) is 12.3 Å². The quantitative estimate of drug-likeness (QED) is 0.520. The van der Waals surface area contributed by atoms with Gasteiger partial charge in [-0.25, -0.2) is 0 Å². The molecule has 1 N–H and O–H groups in total. The first-order chi connectivity index (χ1) is 6.49. The van der Waals surface area contributed by atoms with Crippen LogP contribution < -0.4 is 5.32 Å².